The molecule has 0 saturated carbocycles. The first kappa shape index (κ1) is 31.4. The molecule has 1 aliphatic rings. The molecule has 6 heteroatoms. The molecule has 0 fully saturated rings. The Hall–Kier alpha value is -2.14. The topological polar surface area (TPSA) is 29.1 Å². The van der Waals surface area contributed by atoms with Crippen LogP contribution in [0.25, 0.3) is 11.1 Å². The van der Waals surface area contributed by atoms with E-state index in [2.05, 4.69) is 127 Å². The predicted molar refractivity (Wildman–Crippen MR) is 154 cm³/mol. The molecule has 0 spiro atoms. The predicted octanol–water partition coefficient (Wildman–Crippen LogP) is 0.168. The van der Waals surface area contributed by atoms with E-state index in [0.717, 1.165) is 25.7 Å². The number of rotatable bonds is 10. The summed E-state index contributed by atoms with van der Waals surface area (Å²) < 4.78 is 4.18. The molecule has 1 aliphatic carbocycles. The molecule has 201 valence electrons. The second kappa shape index (κ2) is 15.0. The Balaban J connectivity index is 0.00000210. The second-order valence-corrected chi connectivity index (χ2v) is 20.2. The molecule has 39 heavy (non-hydrogen) atoms. The molecule has 0 aromatic heterocycles. The van der Waals surface area contributed by atoms with Crippen LogP contribution in [-0.4, -0.2) is 12.6 Å². The molecule has 1 atom stereocenters. The molecular formula is C33H36Cl2NOSiTi. The Labute approximate surface area is 253 Å². The number of unbranched alkanes of at least 4 members (excludes halogenated alkanes) is 1. The SMILES string of the molecule is CCCCC(CC)C(=O)[NH][Ti+2]([CH]1c2ccccc2-c2ccccc21)[SiH](c1ccccc1)c1ccccc1.[Cl-].[Cl-]. The van der Waals surface area contributed by atoms with Crippen LogP contribution in [0.4, 0.5) is 0 Å². The molecule has 0 heterocycles. The number of carbonyl (C=O) groups is 1. The van der Waals surface area contributed by atoms with Gasteiger partial charge in [0.25, 0.3) is 0 Å². The van der Waals surface area contributed by atoms with Gasteiger partial charge >= 0.3 is 230 Å². The summed E-state index contributed by atoms with van der Waals surface area (Å²) in [7, 11) is 0. The minimum absolute atomic E-state index is 0. The smallest absolute Gasteiger partial charge is 1.00 e. The largest absolute Gasteiger partial charge is 1.00 e. The van der Waals surface area contributed by atoms with E-state index >= 15 is 0 Å². The van der Waals surface area contributed by atoms with Crippen molar-refractivity contribution in [3.05, 3.63) is 120 Å². The number of halogens is 2. The van der Waals surface area contributed by atoms with Crippen molar-refractivity contribution >= 4 is 22.9 Å². The van der Waals surface area contributed by atoms with Crippen LogP contribution in [0.15, 0.2) is 109 Å². The van der Waals surface area contributed by atoms with Crippen LogP contribution in [0.1, 0.15) is 54.9 Å². The van der Waals surface area contributed by atoms with Crippen molar-refractivity contribution in [2.45, 2.75) is 43.8 Å². The fourth-order valence-corrected chi connectivity index (χ4v) is 20.9. The number of hydrogen-bond acceptors (Lipinski definition) is 1. The maximum absolute atomic E-state index is 14.0. The van der Waals surface area contributed by atoms with Gasteiger partial charge in [-0.1, -0.05) is 0 Å². The Morgan fingerprint density at radius 2 is 1.21 bits per heavy atom. The quantitative estimate of drug-likeness (QED) is 0.256. The minimum Gasteiger partial charge on any atom is -1.00 e. The average Bonchev–Trinajstić information content (AvgIpc) is 3.28. The molecule has 0 radical (unpaired) electrons. The van der Waals surface area contributed by atoms with E-state index in [-0.39, 0.29) is 40.9 Å². The Kier molecular flexibility index (Phi) is 12.1. The Morgan fingerprint density at radius 1 is 0.744 bits per heavy atom. The van der Waals surface area contributed by atoms with E-state index in [4.69, 9.17) is 0 Å². The van der Waals surface area contributed by atoms with Crippen molar-refractivity contribution < 1.29 is 47.0 Å². The first-order chi connectivity index (χ1) is 18.2. The summed E-state index contributed by atoms with van der Waals surface area (Å²) in [6.45, 7) is 2.65. The average molecular weight is 610 g/mol. The van der Waals surface area contributed by atoms with E-state index in [9.17, 15) is 4.79 Å². The van der Waals surface area contributed by atoms with Gasteiger partial charge in [0.15, 0.2) is 0 Å². The molecule has 1 amide bonds. The van der Waals surface area contributed by atoms with Gasteiger partial charge in [-0.25, -0.2) is 0 Å². The summed E-state index contributed by atoms with van der Waals surface area (Å²) in [5.74, 6) is 0.382. The van der Waals surface area contributed by atoms with Gasteiger partial charge in [-0.2, -0.15) is 0 Å². The van der Waals surface area contributed by atoms with Crippen LogP contribution < -0.4 is 39.0 Å². The van der Waals surface area contributed by atoms with Crippen LogP contribution >= 0.6 is 0 Å². The molecule has 0 aliphatic heterocycles. The molecule has 1 N–H and O–H groups in total. The summed E-state index contributed by atoms with van der Waals surface area (Å²) in [4.78, 5) is 14.0. The molecule has 1 unspecified atom stereocenters. The standard InChI is InChI=1S/C13H9.C12H11Si.C8H17NO.2ClH.Ti/c1-3-7-12-10(5-1)9-11-6-2-4-8-13(11)12;1-3-7-11(8-4-1)13-12-9-5-2-6-10-12;1-3-5-6-7(4-2)8(9)10;;;/h1-9H;1-10,13H;7H,3-6H2,1-2H3,(H2,9,10);2*1H;/q;;;;;+3/p-3. The monoisotopic (exact) mass is 608 g/mol. The fraction of sp³-hybridized carbons (Fsp3) is 0.242. The van der Waals surface area contributed by atoms with Crippen molar-refractivity contribution in [3.63, 3.8) is 0 Å². The number of amides is 1. The first-order valence-electron chi connectivity index (χ1n) is 13.7. The number of carbonyl (C=O) groups excluding carboxylic acids is 1. The van der Waals surface area contributed by atoms with Crippen molar-refractivity contribution in [3.8, 4) is 11.1 Å². The van der Waals surface area contributed by atoms with Crippen LogP contribution in [0.2, 0.25) is 0 Å². The van der Waals surface area contributed by atoms with E-state index in [0.29, 0.717) is 0 Å². The number of benzene rings is 4. The molecule has 5 rings (SSSR count). The van der Waals surface area contributed by atoms with Gasteiger partial charge in [-0.05, 0) is 0 Å². The van der Waals surface area contributed by atoms with Gasteiger partial charge < -0.3 is 24.8 Å². The Bertz CT molecular complexity index is 1250. The molecule has 4 aromatic carbocycles. The number of hydrogen-bond donors (Lipinski definition) is 1. The zero-order valence-electron chi connectivity index (χ0n) is 22.6. The zero-order chi connectivity index (χ0) is 25.6. The van der Waals surface area contributed by atoms with E-state index in [1.54, 1.807) is 0 Å². The fourth-order valence-electron chi connectivity index (χ4n) is 5.86. The van der Waals surface area contributed by atoms with E-state index in [1.807, 2.05) is 0 Å². The molecule has 4 aromatic rings. The molecule has 2 nitrogen and oxygen atoms in total. The zero-order valence-corrected chi connectivity index (χ0v) is 26.8. The van der Waals surface area contributed by atoms with Crippen LogP contribution in [-0.2, 0) is 22.2 Å². The van der Waals surface area contributed by atoms with E-state index in [1.165, 1.54) is 32.6 Å². The van der Waals surface area contributed by atoms with Gasteiger partial charge in [-0.15, -0.1) is 0 Å². The minimum atomic E-state index is -2.34. The molecule has 0 saturated heterocycles. The first-order valence-corrected chi connectivity index (χ1v) is 19.8. The van der Waals surface area contributed by atoms with Crippen LogP contribution in [0.5, 0.6) is 0 Å². The van der Waals surface area contributed by atoms with Crippen molar-refractivity contribution in [2.75, 3.05) is 0 Å². The van der Waals surface area contributed by atoms with Crippen molar-refractivity contribution in [2.24, 2.45) is 5.92 Å². The maximum Gasteiger partial charge on any atom is -1.00 e. The summed E-state index contributed by atoms with van der Waals surface area (Å²) in [5.41, 5.74) is 5.50. The normalized spacial score (nSPS) is 12.5. The van der Waals surface area contributed by atoms with Crippen LogP contribution in [0, 0.1) is 5.92 Å². The third kappa shape index (κ3) is 6.78. The van der Waals surface area contributed by atoms with Gasteiger partial charge in [-0.3, -0.25) is 0 Å². The maximum atomic E-state index is 14.0. The van der Waals surface area contributed by atoms with Gasteiger partial charge in [0, 0.05) is 0 Å². The van der Waals surface area contributed by atoms with Gasteiger partial charge in [0.05, 0.1) is 0 Å². The van der Waals surface area contributed by atoms with Crippen molar-refractivity contribution in [1.29, 1.82) is 0 Å². The summed E-state index contributed by atoms with van der Waals surface area (Å²) >= 11 is -2.34. The van der Waals surface area contributed by atoms with Crippen molar-refractivity contribution in [1.82, 2.24) is 3.80 Å². The number of fused-ring (bicyclic) bond motifs is 3. The third-order valence-corrected chi connectivity index (χ3v) is 21.3. The second-order valence-electron chi connectivity index (χ2n) is 10.1. The summed E-state index contributed by atoms with van der Waals surface area (Å²) in [6, 6.07) is 39.9. The Morgan fingerprint density at radius 3 is 1.67 bits per heavy atom. The third-order valence-electron chi connectivity index (χ3n) is 7.76. The molecular weight excluding hydrogens is 573 g/mol. The number of nitrogens with one attached hydrogen (secondary N) is 1. The van der Waals surface area contributed by atoms with E-state index < -0.39 is 24.0 Å². The van der Waals surface area contributed by atoms with Crippen LogP contribution in [0.3, 0.4) is 0 Å². The molecule has 0 bridgehead atoms. The summed E-state index contributed by atoms with van der Waals surface area (Å²) in [5, 5.41) is 2.87. The van der Waals surface area contributed by atoms with Gasteiger partial charge in [0.1, 0.15) is 0 Å². The van der Waals surface area contributed by atoms with Gasteiger partial charge in [0.2, 0.25) is 0 Å². The summed E-state index contributed by atoms with van der Waals surface area (Å²) in [6.07, 6.45) is 4.11.